The molecule has 0 saturated heterocycles. The van der Waals surface area contributed by atoms with Crippen LogP contribution in [0.1, 0.15) is 21.7 Å². The van der Waals surface area contributed by atoms with E-state index >= 15 is 0 Å². The molecule has 0 atom stereocenters. The van der Waals surface area contributed by atoms with Gasteiger partial charge in [-0.25, -0.2) is 13.5 Å². The van der Waals surface area contributed by atoms with Gasteiger partial charge in [-0.15, -0.1) is 10.2 Å². The minimum atomic E-state index is -1.50. The maximum absolute atomic E-state index is 14.3. The number of rotatable bonds is 6. The molecule has 0 aliphatic carbocycles. The molecule has 0 spiro atoms. The van der Waals surface area contributed by atoms with E-state index in [1.165, 1.54) is 0 Å². The molecular formula is C23H19F3N6O2. The van der Waals surface area contributed by atoms with Crippen LogP contribution in [0.3, 0.4) is 0 Å². The standard InChI is InChI=1S/C23H19F3N6O2/c1-12-10-13(2)32(31-12)19-9-8-18(29-30-19)27-14-4-6-15(7-5-14)28-23(33)16-11-17(24)21(26)22(34-3)20(16)25/h4-11H,1-3H3,(H,27,29)(H,28,33). The van der Waals surface area contributed by atoms with Crippen LogP contribution in [-0.4, -0.2) is 33.0 Å². The highest BCUT2D eigenvalue weighted by Gasteiger charge is 2.23. The van der Waals surface area contributed by atoms with Crippen LogP contribution in [0.2, 0.25) is 0 Å². The second-order valence-corrected chi connectivity index (χ2v) is 7.34. The second-order valence-electron chi connectivity index (χ2n) is 7.34. The van der Waals surface area contributed by atoms with E-state index in [0.717, 1.165) is 18.5 Å². The first-order valence-corrected chi connectivity index (χ1v) is 10.0. The molecule has 34 heavy (non-hydrogen) atoms. The summed E-state index contributed by atoms with van der Waals surface area (Å²) >= 11 is 0. The molecule has 2 aromatic heterocycles. The molecule has 0 unspecified atom stereocenters. The maximum atomic E-state index is 14.3. The number of nitrogens with zero attached hydrogens (tertiary/aromatic N) is 4. The summed E-state index contributed by atoms with van der Waals surface area (Å²) in [5.74, 6) is -5.05. The Balaban J connectivity index is 1.44. The number of halogens is 3. The average molecular weight is 468 g/mol. The molecular weight excluding hydrogens is 449 g/mol. The number of aryl methyl sites for hydroxylation is 2. The average Bonchev–Trinajstić information content (AvgIpc) is 3.16. The summed E-state index contributed by atoms with van der Waals surface area (Å²) in [5, 5.41) is 18.2. The Bertz CT molecular complexity index is 1350. The van der Waals surface area contributed by atoms with Crippen molar-refractivity contribution in [2.75, 3.05) is 17.7 Å². The van der Waals surface area contributed by atoms with Crippen molar-refractivity contribution in [1.29, 1.82) is 0 Å². The first-order valence-electron chi connectivity index (χ1n) is 10.0. The SMILES string of the molecule is COc1c(F)c(F)cc(C(=O)Nc2ccc(Nc3ccc(-n4nc(C)cc4C)nn3)cc2)c1F. The van der Waals surface area contributed by atoms with E-state index in [1.807, 2.05) is 19.9 Å². The number of anilines is 3. The lowest BCUT2D eigenvalue weighted by Crippen LogP contribution is -2.15. The van der Waals surface area contributed by atoms with Gasteiger partial charge >= 0.3 is 0 Å². The van der Waals surface area contributed by atoms with Gasteiger partial charge in [-0.3, -0.25) is 4.79 Å². The third kappa shape index (κ3) is 4.53. The monoisotopic (exact) mass is 468 g/mol. The Morgan fingerprint density at radius 3 is 2.24 bits per heavy atom. The molecule has 2 aromatic carbocycles. The number of amides is 1. The number of carbonyl (C=O) groups excluding carboxylic acids is 1. The first kappa shape index (κ1) is 22.8. The molecule has 0 bridgehead atoms. The zero-order valence-electron chi connectivity index (χ0n) is 18.4. The van der Waals surface area contributed by atoms with Gasteiger partial charge in [-0.05, 0) is 62.4 Å². The van der Waals surface area contributed by atoms with Crippen LogP contribution in [0.4, 0.5) is 30.4 Å². The molecule has 0 saturated carbocycles. The minimum Gasteiger partial charge on any atom is -0.491 e. The van der Waals surface area contributed by atoms with Crippen molar-refractivity contribution < 1.29 is 22.7 Å². The molecule has 4 rings (SSSR count). The molecule has 4 aromatic rings. The number of ether oxygens (including phenoxy) is 1. The summed E-state index contributed by atoms with van der Waals surface area (Å²) in [6.07, 6.45) is 0. The van der Waals surface area contributed by atoms with Gasteiger partial charge in [0.25, 0.3) is 5.91 Å². The smallest absolute Gasteiger partial charge is 0.258 e. The van der Waals surface area contributed by atoms with Crippen molar-refractivity contribution in [2.24, 2.45) is 0 Å². The second kappa shape index (κ2) is 9.22. The van der Waals surface area contributed by atoms with Crippen LogP contribution >= 0.6 is 0 Å². The normalized spacial score (nSPS) is 10.8. The van der Waals surface area contributed by atoms with Gasteiger partial charge in [0.1, 0.15) is 0 Å². The number of aromatic nitrogens is 4. The van der Waals surface area contributed by atoms with Gasteiger partial charge in [-0.2, -0.15) is 9.49 Å². The molecule has 8 nitrogen and oxygen atoms in total. The van der Waals surface area contributed by atoms with E-state index in [9.17, 15) is 18.0 Å². The minimum absolute atomic E-state index is 0.310. The molecule has 0 radical (unpaired) electrons. The first-order chi connectivity index (χ1) is 16.3. The van der Waals surface area contributed by atoms with Crippen LogP contribution in [0, 0.1) is 31.3 Å². The fourth-order valence-corrected chi connectivity index (χ4v) is 3.27. The summed E-state index contributed by atoms with van der Waals surface area (Å²) in [5.41, 5.74) is 2.08. The lowest BCUT2D eigenvalue weighted by Gasteiger charge is -2.11. The molecule has 1 amide bonds. The van der Waals surface area contributed by atoms with Crippen molar-refractivity contribution in [3.05, 3.63) is 82.9 Å². The molecule has 174 valence electrons. The highest BCUT2D eigenvalue weighted by molar-refractivity contribution is 6.04. The largest absolute Gasteiger partial charge is 0.491 e. The predicted molar refractivity (Wildman–Crippen MR) is 119 cm³/mol. The fraction of sp³-hybridized carbons (Fsp3) is 0.130. The van der Waals surface area contributed by atoms with Crippen LogP contribution in [0.25, 0.3) is 5.82 Å². The highest BCUT2D eigenvalue weighted by Crippen LogP contribution is 2.28. The molecule has 0 fully saturated rings. The van der Waals surface area contributed by atoms with Gasteiger partial charge < -0.3 is 15.4 Å². The Labute approximate surface area is 192 Å². The van der Waals surface area contributed by atoms with E-state index in [2.05, 4.69) is 30.7 Å². The highest BCUT2D eigenvalue weighted by atomic mass is 19.2. The van der Waals surface area contributed by atoms with E-state index in [1.54, 1.807) is 41.1 Å². The van der Waals surface area contributed by atoms with Crippen molar-refractivity contribution in [2.45, 2.75) is 13.8 Å². The molecule has 11 heteroatoms. The van der Waals surface area contributed by atoms with Crippen molar-refractivity contribution in [3.8, 4) is 11.6 Å². The summed E-state index contributed by atoms with van der Waals surface area (Å²) in [6.45, 7) is 3.82. The zero-order chi connectivity index (χ0) is 24.4. The maximum Gasteiger partial charge on any atom is 0.258 e. The number of hydrogen-bond donors (Lipinski definition) is 2. The zero-order valence-corrected chi connectivity index (χ0v) is 18.4. The van der Waals surface area contributed by atoms with Crippen molar-refractivity contribution in [3.63, 3.8) is 0 Å². The molecule has 0 aliphatic heterocycles. The predicted octanol–water partition coefficient (Wildman–Crippen LogP) is 4.70. The number of nitrogens with one attached hydrogen (secondary N) is 2. The number of carbonyl (C=O) groups is 1. The number of benzene rings is 2. The summed E-state index contributed by atoms with van der Waals surface area (Å²) in [6, 6.07) is 12.3. The van der Waals surface area contributed by atoms with Gasteiger partial charge in [0.15, 0.2) is 29.0 Å². The van der Waals surface area contributed by atoms with Gasteiger partial charge in [-0.1, -0.05) is 0 Å². The lowest BCUT2D eigenvalue weighted by atomic mass is 10.1. The molecule has 2 heterocycles. The molecule has 0 aliphatic rings. The van der Waals surface area contributed by atoms with E-state index in [-0.39, 0.29) is 0 Å². The lowest BCUT2D eigenvalue weighted by molar-refractivity contribution is 0.102. The van der Waals surface area contributed by atoms with Gasteiger partial charge in [0.2, 0.25) is 5.82 Å². The Kier molecular flexibility index (Phi) is 6.17. The third-order valence-electron chi connectivity index (χ3n) is 4.86. The Morgan fingerprint density at radius 2 is 1.65 bits per heavy atom. The van der Waals surface area contributed by atoms with E-state index in [4.69, 9.17) is 0 Å². The number of methoxy groups -OCH3 is 1. The van der Waals surface area contributed by atoms with Crippen LogP contribution in [0.15, 0.2) is 48.5 Å². The van der Waals surface area contributed by atoms with E-state index < -0.39 is 34.7 Å². The van der Waals surface area contributed by atoms with Crippen molar-refractivity contribution in [1.82, 2.24) is 20.0 Å². The Morgan fingerprint density at radius 1 is 0.941 bits per heavy atom. The van der Waals surface area contributed by atoms with Gasteiger partial charge in [0, 0.05) is 17.1 Å². The van der Waals surface area contributed by atoms with Crippen LogP contribution in [-0.2, 0) is 0 Å². The summed E-state index contributed by atoms with van der Waals surface area (Å²) < 4.78 is 47.8. The fourth-order valence-electron chi connectivity index (χ4n) is 3.27. The molecule has 2 N–H and O–H groups in total. The summed E-state index contributed by atoms with van der Waals surface area (Å²) in [7, 11) is 0.978. The van der Waals surface area contributed by atoms with Crippen LogP contribution < -0.4 is 15.4 Å². The topological polar surface area (TPSA) is 94.0 Å². The van der Waals surface area contributed by atoms with Crippen LogP contribution in [0.5, 0.6) is 5.75 Å². The third-order valence-corrected chi connectivity index (χ3v) is 4.86. The number of hydrogen-bond acceptors (Lipinski definition) is 6. The Hall–Kier alpha value is -4.41. The summed E-state index contributed by atoms with van der Waals surface area (Å²) in [4.78, 5) is 12.4. The quantitative estimate of drug-likeness (QED) is 0.399. The van der Waals surface area contributed by atoms with Gasteiger partial charge in [0.05, 0.1) is 18.4 Å². The van der Waals surface area contributed by atoms with E-state index in [0.29, 0.717) is 29.1 Å². The van der Waals surface area contributed by atoms with Crippen molar-refractivity contribution >= 4 is 23.1 Å².